The van der Waals surface area contributed by atoms with Gasteiger partial charge in [0, 0.05) is 0 Å². The van der Waals surface area contributed by atoms with Gasteiger partial charge in [-0.25, -0.2) is 4.68 Å². The van der Waals surface area contributed by atoms with Gasteiger partial charge in [-0.05, 0) is 41.5 Å². The van der Waals surface area contributed by atoms with Crippen LogP contribution in [0.5, 0.6) is 5.75 Å². The first-order valence-corrected chi connectivity index (χ1v) is 5.53. The van der Waals surface area contributed by atoms with Gasteiger partial charge in [-0.15, -0.1) is 5.10 Å². The number of benzene rings is 1. The fourth-order valence-corrected chi connectivity index (χ4v) is 1.54. The molecule has 0 bridgehead atoms. The molecule has 0 aliphatic carbocycles. The number of nitrogens with zero attached hydrogens (tertiary/aromatic N) is 5. The van der Waals surface area contributed by atoms with E-state index in [0.29, 0.717) is 5.82 Å². The van der Waals surface area contributed by atoms with E-state index in [1.54, 1.807) is 0 Å². The molecule has 0 aliphatic rings. The first-order chi connectivity index (χ1) is 8.72. The summed E-state index contributed by atoms with van der Waals surface area (Å²) in [6, 6.07) is 7.87. The van der Waals surface area contributed by atoms with Gasteiger partial charge < -0.3 is 4.74 Å². The molecule has 6 heteroatoms. The molecule has 1 aromatic carbocycles. The maximum Gasteiger partial charge on any atom is 0.190 e. The van der Waals surface area contributed by atoms with Crippen LogP contribution in [0.2, 0.25) is 0 Å². The highest BCUT2D eigenvalue weighted by Gasteiger charge is 2.08. The number of aromatic nitrogens is 4. The lowest BCUT2D eigenvalue weighted by molar-refractivity contribution is 0.286. The zero-order valence-electron chi connectivity index (χ0n) is 10.3. The summed E-state index contributed by atoms with van der Waals surface area (Å²) in [5.41, 5.74) is 2.26. The predicted molar refractivity (Wildman–Crippen MR) is 63.7 cm³/mol. The molecule has 2 aromatic rings. The minimum absolute atomic E-state index is 0.124. The molecule has 1 heterocycles. The van der Waals surface area contributed by atoms with Crippen molar-refractivity contribution >= 4 is 0 Å². The summed E-state index contributed by atoms with van der Waals surface area (Å²) in [5.74, 6) is 1.35. The lowest BCUT2D eigenvalue weighted by Gasteiger charge is -2.09. The summed E-state index contributed by atoms with van der Waals surface area (Å²) in [7, 11) is 0. The van der Waals surface area contributed by atoms with Crippen molar-refractivity contribution in [1.29, 1.82) is 5.26 Å². The van der Waals surface area contributed by atoms with Crippen molar-refractivity contribution in [3.05, 3.63) is 35.2 Å². The number of hydrogen-bond acceptors (Lipinski definition) is 5. The molecule has 0 amide bonds. The lowest BCUT2D eigenvalue weighted by atomic mass is 10.1. The van der Waals surface area contributed by atoms with Crippen LogP contribution in [0.4, 0.5) is 0 Å². The summed E-state index contributed by atoms with van der Waals surface area (Å²) in [6.07, 6.45) is 0. The van der Waals surface area contributed by atoms with E-state index >= 15 is 0 Å². The Hall–Kier alpha value is -2.42. The average molecular weight is 243 g/mol. The van der Waals surface area contributed by atoms with Crippen molar-refractivity contribution in [2.45, 2.75) is 27.0 Å². The van der Waals surface area contributed by atoms with Crippen molar-refractivity contribution in [2.75, 3.05) is 0 Å². The average Bonchev–Trinajstić information content (AvgIpc) is 2.79. The molecular weight excluding hydrogens is 230 g/mol. The van der Waals surface area contributed by atoms with E-state index < -0.39 is 0 Å². The van der Waals surface area contributed by atoms with Gasteiger partial charge in [0.2, 0.25) is 0 Å². The van der Waals surface area contributed by atoms with Crippen LogP contribution in [-0.2, 0) is 13.2 Å². The highest BCUT2D eigenvalue weighted by Crippen LogP contribution is 2.21. The molecule has 18 heavy (non-hydrogen) atoms. The topological polar surface area (TPSA) is 76.6 Å². The van der Waals surface area contributed by atoms with Gasteiger partial charge in [0.1, 0.15) is 18.9 Å². The van der Waals surface area contributed by atoms with E-state index in [2.05, 4.69) is 15.5 Å². The zero-order valence-corrected chi connectivity index (χ0v) is 10.3. The third-order valence-electron chi connectivity index (χ3n) is 2.74. The van der Waals surface area contributed by atoms with Crippen molar-refractivity contribution in [2.24, 2.45) is 0 Å². The smallest absolute Gasteiger partial charge is 0.190 e. The van der Waals surface area contributed by atoms with E-state index in [9.17, 15) is 0 Å². The summed E-state index contributed by atoms with van der Waals surface area (Å²) in [4.78, 5) is 0. The van der Waals surface area contributed by atoms with Gasteiger partial charge in [0.15, 0.2) is 5.82 Å². The normalized spacial score (nSPS) is 10.1. The van der Waals surface area contributed by atoms with E-state index in [4.69, 9.17) is 10.00 Å². The first kappa shape index (κ1) is 12.0. The number of tetrazole rings is 1. The van der Waals surface area contributed by atoms with Gasteiger partial charge in [-0.3, -0.25) is 0 Å². The largest absolute Gasteiger partial charge is 0.485 e. The monoisotopic (exact) mass is 243 g/mol. The second kappa shape index (κ2) is 5.27. The van der Waals surface area contributed by atoms with Crippen LogP contribution >= 0.6 is 0 Å². The zero-order chi connectivity index (χ0) is 13.0. The van der Waals surface area contributed by atoms with E-state index in [0.717, 1.165) is 11.3 Å². The molecule has 0 saturated heterocycles. The molecule has 0 radical (unpaired) electrons. The van der Waals surface area contributed by atoms with Gasteiger partial charge in [0.05, 0.1) is 6.07 Å². The minimum Gasteiger partial charge on any atom is -0.485 e. The summed E-state index contributed by atoms with van der Waals surface area (Å²) in [5, 5.41) is 19.7. The van der Waals surface area contributed by atoms with Gasteiger partial charge >= 0.3 is 0 Å². The molecule has 92 valence electrons. The number of aryl methyl sites for hydroxylation is 1. The molecule has 0 N–H and O–H groups in total. The summed E-state index contributed by atoms with van der Waals surface area (Å²) >= 11 is 0. The SMILES string of the molecule is Cc1cccc(OCc2nnnn2CC#N)c1C. The van der Waals surface area contributed by atoms with E-state index in [1.165, 1.54) is 10.2 Å². The Labute approximate surface area is 105 Å². The number of hydrogen-bond donors (Lipinski definition) is 0. The molecule has 2 rings (SSSR count). The summed E-state index contributed by atoms with van der Waals surface area (Å²) in [6.45, 7) is 4.41. The molecule has 0 saturated carbocycles. The van der Waals surface area contributed by atoms with Crippen molar-refractivity contribution in [3.8, 4) is 11.8 Å². The third-order valence-corrected chi connectivity index (χ3v) is 2.74. The van der Waals surface area contributed by atoms with Crippen LogP contribution in [0.3, 0.4) is 0 Å². The Morgan fingerprint density at radius 3 is 3.00 bits per heavy atom. The standard InChI is InChI=1S/C12H13N5O/c1-9-4-3-5-11(10(9)2)18-8-12-14-15-16-17(12)7-6-13/h3-5H,7-8H2,1-2H3. The Morgan fingerprint density at radius 1 is 1.39 bits per heavy atom. The Balaban J connectivity index is 2.10. The second-order valence-corrected chi connectivity index (χ2v) is 3.90. The molecule has 6 nitrogen and oxygen atoms in total. The predicted octanol–water partition coefficient (Wildman–Crippen LogP) is 1.39. The van der Waals surface area contributed by atoms with Crippen molar-refractivity contribution in [1.82, 2.24) is 20.2 Å². The molecule has 0 unspecified atom stereocenters. The van der Waals surface area contributed by atoms with Gasteiger partial charge in [0.25, 0.3) is 0 Å². The minimum atomic E-state index is 0.124. The molecule has 0 atom stereocenters. The van der Waals surface area contributed by atoms with Crippen molar-refractivity contribution < 1.29 is 4.74 Å². The molecular formula is C12H13N5O. The lowest BCUT2D eigenvalue weighted by Crippen LogP contribution is -2.08. The highest BCUT2D eigenvalue weighted by molar-refractivity contribution is 5.38. The van der Waals surface area contributed by atoms with Crippen LogP contribution in [0.25, 0.3) is 0 Å². The van der Waals surface area contributed by atoms with Crippen molar-refractivity contribution in [3.63, 3.8) is 0 Å². The molecule has 0 aliphatic heterocycles. The Bertz CT molecular complexity index is 584. The second-order valence-electron chi connectivity index (χ2n) is 3.90. The van der Waals surface area contributed by atoms with E-state index in [-0.39, 0.29) is 13.2 Å². The van der Waals surface area contributed by atoms with Gasteiger partial charge in [-0.1, -0.05) is 12.1 Å². The third kappa shape index (κ3) is 2.46. The summed E-state index contributed by atoms with van der Waals surface area (Å²) < 4.78 is 7.10. The molecule has 0 spiro atoms. The van der Waals surface area contributed by atoms with Crippen LogP contribution < -0.4 is 4.74 Å². The Kier molecular flexibility index (Phi) is 3.53. The fourth-order valence-electron chi connectivity index (χ4n) is 1.54. The highest BCUT2D eigenvalue weighted by atomic mass is 16.5. The quantitative estimate of drug-likeness (QED) is 0.811. The molecule has 0 fully saturated rings. The van der Waals surface area contributed by atoms with Gasteiger partial charge in [-0.2, -0.15) is 5.26 Å². The maximum atomic E-state index is 8.62. The first-order valence-electron chi connectivity index (χ1n) is 5.53. The Morgan fingerprint density at radius 2 is 2.22 bits per heavy atom. The van der Waals surface area contributed by atoms with Crippen LogP contribution in [-0.4, -0.2) is 20.2 Å². The van der Waals surface area contributed by atoms with E-state index in [1.807, 2.05) is 38.1 Å². The number of nitriles is 1. The maximum absolute atomic E-state index is 8.62. The number of ether oxygens (including phenoxy) is 1. The molecule has 1 aromatic heterocycles. The van der Waals surface area contributed by atoms with Crippen LogP contribution in [0, 0.1) is 25.2 Å². The van der Waals surface area contributed by atoms with Crippen LogP contribution in [0.1, 0.15) is 17.0 Å². The van der Waals surface area contributed by atoms with Crippen LogP contribution in [0.15, 0.2) is 18.2 Å². The number of rotatable bonds is 4. The fraction of sp³-hybridized carbons (Fsp3) is 0.333.